The average Bonchev–Trinajstić information content (AvgIpc) is 2.58. The fourth-order valence-corrected chi connectivity index (χ4v) is 2.81. The van der Waals surface area contributed by atoms with Crippen molar-refractivity contribution in [3.8, 4) is 5.75 Å². The average molecular weight is 387 g/mol. The summed E-state index contributed by atoms with van der Waals surface area (Å²) in [7, 11) is 0. The van der Waals surface area contributed by atoms with Crippen LogP contribution in [0, 0.1) is 6.92 Å². The lowest BCUT2D eigenvalue weighted by Crippen LogP contribution is -2.41. The molecule has 0 radical (unpaired) electrons. The number of ether oxygens (including phenoxy) is 3. The molecule has 5 nitrogen and oxygen atoms in total. The van der Waals surface area contributed by atoms with Gasteiger partial charge in [-0.3, -0.25) is 0 Å². The molecule has 0 aliphatic carbocycles. The highest BCUT2D eigenvalue weighted by molar-refractivity contribution is 6.30. The molecule has 1 saturated heterocycles. The van der Waals surface area contributed by atoms with E-state index in [9.17, 15) is 9.59 Å². The molecule has 27 heavy (non-hydrogen) atoms. The summed E-state index contributed by atoms with van der Waals surface area (Å²) in [5.41, 5.74) is 2.41. The van der Waals surface area contributed by atoms with Crippen molar-refractivity contribution in [2.75, 3.05) is 0 Å². The van der Waals surface area contributed by atoms with Gasteiger partial charge >= 0.3 is 11.9 Å². The first-order chi connectivity index (χ1) is 12.7. The fourth-order valence-electron chi connectivity index (χ4n) is 2.63. The van der Waals surface area contributed by atoms with Crippen LogP contribution in [-0.2, 0) is 25.7 Å². The van der Waals surface area contributed by atoms with Crippen molar-refractivity contribution in [2.45, 2.75) is 33.2 Å². The predicted molar refractivity (Wildman–Crippen MR) is 101 cm³/mol. The molecule has 0 atom stereocenters. The van der Waals surface area contributed by atoms with Gasteiger partial charge in [0.15, 0.2) is 0 Å². The van der Waals surface area contributed by atoms with E-state index in [0.29, 0.717) is 22.9 Å². The molecule has 0 unspecified atom stereocenters. The number of halogens is 1. The Morgan fingerprint density at radius 2 is 1.74 bits per heavy atom. The molecule has 0 saturated carbocycles. The molecule has 0 bridgehead atoms. The maximum absolute atomic E-state index is 12.2. The highest BCUT2D eigenvalue weighted by Crippen LogP contribution is 2.29. The van der Waals surface area contributed by atoms with E-state index in [4.69, 9.17) is 25.8 Å². The lowest BCUT2D eigenvalue weighted by molar-refractivity contribution is -0.222. The molecular formula is C21H19ClO5. The Kier molecular flexibility index (Phi) is 5.24. The van der Waals surface area contributed by atoms with Crippen LogP contribution in [0.3, 0.4) is 0 Å². The third kappa shape index (κ3) is 4.49. The van der Waals surface area contributed by atoms with Crippen LogP contribution >= 0.6 is 11.6 Å². The summed E-state index contributed by atoms with van der Waals surface area (Å²) in [4.78, 5) is 24.4. The van der Waals surface area contributed by atoms with E-state index < -0.39 is 17.7 Å². The second-order valence-corrected chi connectivity index (χ2v) is 7.07. The minimum atomic E-state index is -1.29. The minimum absolute atomic E-state index is 0.211. The predicted octanol–water partition coefficient (Wildman–Crippen LogP) is 4.45. The van der Waals surface area contributed by atoms with Crippen molar-refractivity contribution < 1.29 is 23.8 Å². The molecule has 1 fully saturated rings. The summed E-state index contributed by atoms with van der Waals surface area (Å²) < 4.78 is 16.1. The van der Waals surface area contributed by atoms with Crippen molar-refractivity contribution in [1.29, 1.82) is 0 Å². The number of cyclic esters (lactones) is 2. The van der Waals surface area contributed by atoms with Gasteiger partial charge in [-0.1, -0.05) is 35.9 Å². The van der Waals surface area contributed by atoms with E-state index in [0.717, 1.165) is 11.1 Å². The number of rotatable bonds is 4. The number of hydrogen-bond acceptors (Lipinski definition) is 5. The van der Waals surface area contributed by atoms with Gasteiger partial charge in [0, 0.05) is 24.4 Å². The van der Waals surface area contributed by atoms with Gasteiger partial charge in [0.2, 0.25) is 0 Å². The van der Waals surface area contributed by atoms with Crippen LogP contribution in [0.2, 0.25) is 5.02 Å². The Hall–Kier alpha value is -2.79. The van der Waals surface area contributed by atoms with Crippen LogP contribution < -0.4 is 4.74 Å². The quantitative estimate of drug-likeness (QED) is 0.441. The molecule has 1 aliphatic rings. The van der Waals surface area contributed by atoms with Gasteiger partial charge in [0.05, 0.1) is 0 Å². The molecule has 140 valence electrons. The second-order valence-electron chi connectivity index (χ2n) is 6.63. The summed E-state index contributed by atoms with van der Waals surface area (Å²) in [5.74, 6) is -2.30. The van der Waals surface area contributed by atoms with Crippen molar-refractivity contribution in [3.63, 3.8) is 0 Å². The summed E-state index contributed by atoms with van der Waals surface area (Å²) in [5, 5.41) is 0.447. The summed E-state index contributed by atoms with van der Waals surface area (Å²) in [6, 6.07) is 12.8. The molecule has 0 spiro atoms. The van der Waals surface area contributed by atoms with Crippen molar-refractivity contribution >= 4 is 29.6 Å². The minimum Gasteiger partial charge on any atom is -0.488 e. The van der Waals surface area contributed by atoms with E-state index in [1.54, 1.807) is 18.2 Å². The van der Waals surface area contributed by atoms with Crippen LogP contribution in [0.5, 0.6) is 5.75 Å². The topological polar surface area (TPSA) is 61.8 Å². The number of carbonyl (C=O) groups is 2. The maximum atomic E-state index is 12.2. The molecule has 6 heteroatoms. The van der Waals surface area contributed by atoms with Gasteiger partial charge in [-0.15, -0.1) is 0 Å². The third-order valence-electron chi connectivity index (χ3n) is 4.03. The molecule has 0 amide bonds. The molecule has 0 aromatic heterocycles. The SMILES string of the molecule is Cc1ccccc1COc1ccc(Cl)cc1C=C1C(=O)OC(C)(C)OC1=O. The maximum Gasteiger partial charge on any atom is 0.348 e. The number of esters is 2. The van der Waals surface area contributed by atoms with E-state index in [-0.39, 0.29) is 5.57 Å². The molecule has 2 aromatic carbocycles. The van der Waals surface area contributed by atoms with Crippen LogP contribution in [0.4, 0.5) is 0 Å². The summed E-state index contributed by atoms with van der Waals surface area (Å²) in [6.07, 6.45) is 1.37. The van der Waals surface area contributed by atoms with Crippen LogP contribution in [0.1, 0.15) is 30.5 Å². The van der Waals surface area contributed by atoms with Gasteiger partial charge in [-0.2, -0.15) is 0 Å². The Morgan fingerprint density at radius 3 is 2.41 bits per heavy atom. The Morgan fingerprint density at radius 1 is 1.07 bits per heavy atom. The highest BCUT2D eigenvalue weighted by Gasteiger charge is 2.39. The normalized spacial score (nSPS) is 15.8. The third-order valence-corrected chi connectivity index (χ3v) is 4.27. The zero-order valence-corrected chi connectivity index (χ0v) is 16.0. The van der Waals surface area contributed by atoms with Crippen LogP contribution in [0.25, 0.3) is 6.08 Å². The second kappa shape index (κ2) is 7.45. The lowest BCUT2D eigenvalue weighted by Gasteiger charge is -2.29. The standard InChI is InChI=1S/C21H19ClO5/c1-13-6-4-5-7-14(13)12-25-18-9-8-16(22)10-15(18)11-17-19(23)26-21(2,3)27-20(17)24/h4-11H,12H2,1-3H3. The van der Waals surface area contributed by atoms with Crippen LogP contribution in [0.15, 0.2) is 48.0 Å². The first-order valence-corrected chi connectivity index (χ1v) is 8.78. The summed E-state index contributed by atoms with van der Waals surface area (Å²) >= 11 is 6.08. The molecule has 1 heterocycles. The van der Waals surface area contributed by atoms with Gasteiger partial charge in [0.25, 0.3) is 5.79 Å². The first-order valence-electron chi connectivity index (χ1n) is 8.40. The number of hydrogen-bond donors (Lipinski definition) is 0. The highest BCUT2D eigenvalue weighted by atomic mass is 35.5. The van der Waals surface area contributed by atoms with E-state index in [1.807, 2.05) is 31.2 Å². The summed E-state index contributed by atoms with van der Waals surface area (Å²) in [6.45, 7) is 5.33. The van der Waals surface area contributed by atoms with Gasteiger partial charge < -0.3 is 14.2 Å². The Bertz CT molecular complexity index is 908. The van der Waals surface area contributed by atoms with Crippen LogP contribution in [-0.4, -0.2) is 17.7 Å². The number of carbonyl (C=O) groups excluding carboxylic acids is 2. The van der Waals surface area contributed by atoms with E-state index in [1.165, 1.54) is 19.9 Å². The smallest absolute Gasteiger partial charge is 0.348 e. The molecular weight excluding hydrogens is 368 g/mol. The van der Waals surface area contributed by atoms with Crippen molar-refractivity contribution in [3.05, 3.63) is 69.8 Å². The molecule has 3 rings (SSSR count). The van der Waals surface area contributed by atoms with Crippen molar-refractivity contribution in [2.24, 2.45) is 0 Å². The monoisotopic (exact) mass is 386 g/mol. The fraction of sp³-hybridized carbons (Fsp3) is 0.238. The molecule has 2 aromatic rings. The molecule has 0 N–H and O–H groups in total. The Labute approximate surface area is 162 Å². The number of aryl methyl sites for hydroxylation is 1. The van der Waals surface area contributed by atoms with Gasteiger partial charge in [0.1, 0.15) is 17.9 Å². The zero-order valence-electron chi connectivity index (χ0n) is 15.2. The van der Waals surface area contributed by atoms with E-state index in [2.05, 4.69) is 0 Å². The van der Waals surface area contributed by atoms with Gasteiger partial charge in [-0.05, 0) is 42.3 Å². The lowest BCUT2D eigenvalue weighted by atomic mass is 10.1. The Balaban J connectivity index is 1.89. The van der Waals surface area contributed by atoms with E-state index >= 15 is 0 Å². The largest absolute Gasteiger partial charge is 0.488 e. The number of benzene rings is 2. The van der Waals surface area contributed by atoms with Crippen molar-refractivity contribution in [1.82, 2.24) is 0 Å². The van der Waals surface area contributed by atoms with Gasteiger partial charge in [-0.25, -0.2) is 9.59 Å². The first kappa shape index (κ1) is 19.0. The molecule has 1 aliphatic heterocycles. The zero-order chi connectivity index (χ0) is 19.6.